The summed E-state index contributed by atoms with van der Waals surface area (Å²) in [6.07, 6.45) is 0. The zero-order chi connectivity index (χ0) is 15.4. The molecule has 0 N–H and O–H groups in total. The van der Waals surface area contributed by atoms with Crippen LogP contribution >= 0.6 is 0 Å². The van der Waals surface area contributed by atoms with Crippen molar-refractivity contribution in [2.24, 2.45) is 0 Å². The average molecular weight is 308 g/mol. The van der Waals surface area contributed by atoms with E-state index in [1.807, 2.05) is 54.6 Å². The highest BCUT2D eigenvalue weighted by Crippen LogP contribution is 2.35. The third-order valence-electron chi connectivity index (χ3n) is 3.34. The summed E-state index contributed by atoms with van der Waals surface area (Å²) in [6.45, 7) is 0. The van der Waals surface area contributed by atoms with Crippen LogP contribution in [-0.2, 0) is 10.9 Å². The van der Waals surface area contributed by atoms with E-state index in [9.17, 15) is 5.11 Å². The molecule has 22 heavy (non-hydrogen) atoms. The fourth-order valence-electron chi connectivity index (χ4n) is 2.28. The molecule has 0 fully saturated rings. The quantitative estimate of drug-likeness (QED) is 0.685. The second-order valence-corrected chi connectivity index (χ2v) is 6.74. The molecule has 0 amide bonds. The molecule has 0 heterocycles. The van der Waals surface area contributed by atoms with Gasteiger partial charge in [-0.25, -0.2) is 0 Å². The Morgan fingerprint density at radius 1 is 0.727 bits per heavy atom. The van der Waals surface area contributed by atoms with Crippen LogP contribution in [0.3, 0.4) is 0 Å². The molecule has 0 saturated carbocycles. The molecular formula is C19H16O2S. The van der Waals surface area contributed by atoms with Gasteiger partial charge in [-0.1, -0.05) is 42.1 Å². The lowest BCUT2D eigenvalue weighted by Gasteiger charge is -2.14. The van der Waals surface area contributed by atoms with Crippen molar-refractivity contribution in [3.8, 4) is 11.5 Å². The summed E-state index contributed by atoms with van der Waals surface area (Å²) >= 11 is 0. The first-order valence-electron chi connectivity index (χ1n) is 6.99. The van der Waals surface area contributed by atoms with Crippen LogP contribution in [-0.4, -0.2) is 7.11 Å². The Balaban J connectivity index is 2.12. The van der Waals surface area contributed by atoms with Gasteiger partial charge in [-0.2, -0.15) is 0 Å². The molecule has 110 valence electrons. The lowest BCUT2D eigenvalue weighted by Crippen LogP contribution is -2.08. The van der Waals surface area contributed by atoms with Gasteiger partial charge in [0.2, 0.25) is 0 Å². The molecule has 0 aromatic heterocycles. The smallest absolute Gasteiger partial charge is 0.166 e. The molecule has 2 nitrogen and oxygen atoms in total. The van der Waals surface area contributed by atoms with E-state index in [2.05, 4.69) is 12.1 Å². The predicted octanol–water partition coefficient (Wildman–Crippen LogP) is 3.86. The fraction of sp³-hybridized carbons (Fsp3) is 0.0526. The lowest BCUT2D eigenvalue weighted by atomic mass is 10.3. The van der Waals surface area contributed by atoms with Gasteiger partial charge < -0.3 is 9.84 Å². The van der Waals surface area contributed by atoms with Crippen LogP contribution < -0.4 is 9.84 Å². The molecule has 0 aliphatic carbocycles. The van der Waals surface area contributed by atoms with Crippen molar-refractivity contribution >= 4 is 10.9 Å². The van der Waals surface area contributed by atoms with E-state index in [1.54, 1.807) is 19.2 Å². The molecule has 3 aromatic rings. The molecule has 1 atom stereocenters. The molecule has 0 saturated heterocycles. The van der Waals surface area contributed by atoms with Crippen molar-refractivity contribution in [1.82, 2.24) is 0 Å². The molecule has 0 radical (unpaired) electrons. The largest absolute Gasteiger partial charge is 0.869 e. The monoisotopic (exact) mass is 308 g/mol. The minimum Gasteiger partial charge on any atom is -0.869 e. The van der Waals surface area contributed by atoms with Crippen LogP contribution in [0.15, 0.2) is 93.5 Å². The Hall–Kier alpha value is -2.39. The molecular weight excluding hydrogens is 292 g/mol. The highest BCUT2D eigenvalue weighted by molar-refractivity contribution is 7.97. The van der Waals surface area contributed by atoms with Gasteiger partial charge in [0.25, 0.3) is 0 Å². The molecule has 3 aromatic carbocycles. The molecule has 1 unspecified atom stereocenters. The van der Waals surface area contributed by atoms with E-state index >= 15 is 0 Å². The summed E-state index contributed by atoms with van der Waals surface area (Å²) in [5.41, 5.74) is 0. The molecule has 0 spiro atoms. The van der Waals surface area contributed by atoms with E-state index in [0.717, 1.165) is 20.4 Å². The Labute approximate surface area is 133 Å². The van der Waals surface area contributed by atoms with Crippen LogP contribution in [0.2, 0.25) is 0 Å². The van der Waals surface area contributed by atoms with E-state index in [-0.39, 0.29) is 5.75 Å². The van der Waals surface area contributed by atoms with E-state index in [1.165, 1.54) is 0 Å². The number of benzene rings is 3. The average Bonchev–Trinajstić information content (AvgIpc) is 2.58. The number of methoxy groups -OCH3 is 1. The first kappa shape index (κ1) is 14.5. The first-order valence-corrected chi connectivity index (χ1v) is 8.21. The molecule has 0 bridgehead atoms. The van der Waals surface area contributed by atoms with Gasteiger partial charge in [0.05, 0.1) is 18.0 Å². The van der Waals surface area contributed by atoms with Crippen molar-refractivity contribution in [3.63, 3.8) is 0 Å². The SMILES string of the molecule is COc1ccc([S+](c2ccccc2)c2ccccc2[O-])cc1. The number of hydrogen-bond acceptors (Lipinski definition) is 2. The highest BCUT2D eigenvalue weighted by Gasteiger charge is 2.28. The van der Waals surface area contributed by atoms with Gasteiger partial charge in [0.1, 0.15) is 5.75 Å². The van der Waals surface area contributed by atoms with E-state index in [4.69, 9.17) is 4.74 Å². The standard InChI is InChI=1S/C19H16O2S/c1-21-15-11-13-17(14-12-15)22(16-7-3-2-4-8-16)19-10-6-5-9-18(19)20/h2-14H,1H3. The van der Waals surface area contributed by atoms with Crippen molar-refractivity contribution in [1.29, 1.82) is 0 Å². The summed E-state index contributed by atoms with van der Waals surface area (Å²) < 4.78 is 5.23. The van der Waals surface area contributed by atoms with Gasteiger partial charge in [-0.05, 0) is 42.5 Å². The highest BCUT2D eigenvalue weighted by atomic mass is 32.2. The number of rotatable bonds is 4. The second-order valence-electron chi connectivity index (χ2n) is 4.74. The second kappa shape index (κ2) is 6.58. The summed E-state index contributed by atoms with van der Waals surface area (Å²) in [5.74, 6) is 0.890. The number of ether oxygens (including phenoxy) is 1. The van der Waals surface area contributed by atoms with Crippen LogP contribution in [0.25, 0.3) is 0 Å². The number of hydrogen-bond donors (Lipinski definition) is 0. The van der Waals surface area contributed by atoms with Crippen LogP contribution in [0.1, 0.15) is 0 Å². The van der Waals surface area contributed by atoms with E-state index < -0.39 is 10.9 Å². The first-order chi connectivity index (χ1) is 10.8. The molecule has 0 aliphatic heterocycles. The lowest BCUT2D eigenvalue weighted by molar-refractivity contribution is -0.272. The normalized spacial score (nSPS) is 11.9. The minimum absolute atomic E-state index is 0.0745. The Kier molecular flexibility index (Phi) is 4.35. The molecule has 3 rings (SSSR count). The van der Waals surface area contributed by atoms with Crippen molar-refractivity contribution in [2.75, 3.05) is 7.11 Å². The van der Waals surface area contributed by atoms with Crippen LogP contribution in [0.4, 0.5) is 0 Å². The predicted molar refractivity (Wildman–Crippen MR) is 87.5 cm³/mol. The van der Waals surface area contributed by atoms with Crippen molar-refractivity contribution in [3.05, 3.63) is 78.9 Å². The summed E-state index contributed by atoms with van der Waals surface area (Å²) in [7, 11) is 1.25. The zero-order valence-corrected chi connectivity index (χ0v) is 13.0. The number of para-hydroxylation sites is 1. The van der Waals surface area contributed by atoms with Crippen molar-refractivity contribution < 1.29 is 9.84 Å². The summed E-state index contributed by atoms with van der Waals surface area (Å²) in [5, 5.41) is 12.3. The maximum atomic E-state index is 12.3. The van der Waals surface area contributed by atoms with Crippen molar-refractivity contribution in [2.45, 2.75) is 14.7 Å². The van der Waals surface area contributed by atoms with Gasteiger partial charge in [-0.15, -0.1) is 0 Å². The van der Waals surface area contributed by atoms with E-state index in [0.29, 0.717) is 0 Å². The Morgan fingerprint density at radius 3 is 1.95 bits per heavy atom. The fourth-order valence-corrected chi connectivity index (χ4v) is 4.38. The van der Waals surface area contributed by atoms with Gasteiger partial charge in [0, 0.05) is 0 Å². The maximum Gasteiger partial charge on any atom is 0.166 e. The third kappa shape index (κ3) is 2.95. The summed E-state index contributed by atoms with van der Waals surface area (Å²) in [4.78, 5) is 3.06. The minimum atomic E-state index is -0.405. The van der Waals surface area contributed by atoms with Crippen LogP contribution in [0.5, 0.6) is 11.5 Å². The maximum absolute atomic E-state index is 12.3. The zero-order valence-electron chi connectivity index (χ0n) is 12.2. The van der Waals surface area contributed by atoms with Crippen LogP contribution in [0, 0.1) is 0 Å². The van der Waals surface area contributed by atoms with Gasteiger partial charge in [-0.3, -0.25) is 0 Å². The topological polar surface area (TPSA) is 32.3 Å². The molecule has 0 aliphatic rings. The Bertz CT molecular complexity index is 739. The third-order valence-corrected chi connectivity index (χ3v) is 5.61. The Morgan fingerprint density at radius 2 is 1.32 bits per heavy atom. The molecule has 3 heteroatoms. The van der Waals surface area contributed by atoms with Gasteiger partial charge >= 0.3 is 0 Å². The summed E-state index contributed by atoms with van der Waals surface area (Å²) in [6, 6.07) is 25.3. The van der Waals surface area contributed by atoms with Gasteiger partial charge in [0.15, 0.2) is 14.7 Å².